The van der Waals surface area contributed by atoms with E-state index in [0.29, 0.717) is 28.2 Å². The normalized spacial score (nSPS) is 13.8. The lowest BCUT2D eigenvalue weighted by Crippen LogP contribution is -2.08. The first-order chi connectivity index (χ1) is 16.3. The molecule has 5 rings (SSSR count). The zero-order chi connectivity index (χ0) is 24.0. The monoisotopic (exact) mass is 517 g/mol. The summed E-state index contributed by atoms with van der Waals surface area (Å²) in [5.41, 5.74) is 3.49. The number of fused-ring (bicyclic) bond motifs is 2. The van der Waals surface area contributed by atoms with Gasteiger partial charge in [-0.3, -0.25) is 4.79 Å². The number of nitrogens with zero attached hydrogens (tertiary/aromatic N) is 1. The third kappa shape index (κ3) is 3.99. The molecule has 0 amide bonds. The zero-order valence-corrected chi connectivity index (χ0v) is 20.3. The van der Waals surface area contributed by atoms with E-state index >= 15 is 0 Å². The number of rotatable bonds is 4. The van der Waals surface area contributed by atoms with E-state index in [1.165, 1.54) is 0 Å². The largest absolute Gasteiger partial charge is 0.452 e. The number of carbonyl (C=O) groups is 2. The van der Waals surface area contributed by atoms with E-state index in [4.69, 9.17) is 13.9 Å². The van der Waals surface area contributed by atoms with Crippen LogP contribution in [-0.4, -0.2) is 25.8 Å². The zero-order valence-electron chi connectivity index (χ0n) is 18.7. The Kier molecular flexibility index (Phi) is 5.49. The molecule has 0 saturated heterocycles. The maximum Gasteiger partial charge on any atom is 0.379 e. The lowest BCUT2D eigenvalue weighted by atomic mass is 10.1. The lowest BCUT2D eigenvalue weighted by molar-refractivity contribution is 0.0702. The molecule has 0 N–H and O–H groups in total. The Bertz CT molecular complexity index is 1480. The van der Waals surface area contributed by atoms with Crippen molar-refractivity contribution in [1.82, 2.24) is 0 Å². The van der Waals surface area contributed by atoms with Crippen LogP contribution >= 0.6 is 15.9 Å². The summed E-state index contributed by atoms with van der Waals surface area (Å²) >= 11 is 3.40. The molecular formula is C27H20BrNO5. The molecule has 3 aromatic carbocycles. The number of allylic oxidation sites excluding steroid dienone is 1. The van der Waals surface area contributed by atoms with Crippen LogP contribution in [0.5, 0.6) is 11.5 Å². The maximum atomic E-state index is 12.9. The highest BCUT2D eigenvalue weighted by atomic mass is 79.9. The Hall–Kier alpha value is -3.84. The Labute approximate surface area is 204 Å². The van der Waals surface area contributed by atoms with E-state index in [0.717, 1.165) is 21.1 Å². The summed E-state index contributed by atoms with van der Waals surface area (Å²) in [6, 6.07) is 18.1. The average Bonchev–Trinajstić information content (AvgIpc) is 3.37. The minimum absolute atomic E-state index is 0.0896. The van der Waals surface area contributed by atoms with E-state index in [-0.39, 0.29) is 17.3 Å². The van der Waals surface area contributed by atoms with Crippen molar-refractivity contribution in [2.24, 2.45) is 0 Å². The van der Waals surface area contributed by atoms with Crippen LogP contribution in [0, 0.1) is 6.92 Å². The molecule has 7 heteroatoms. The van der Waals surface area contributed by atoms with Gasteiger partial charge in [-0.25, -0.2) is 4.79 Å². The van der Waals surface area contributed by atoms with Gasteiger partial charge in [0.15, 0.2) is 5.76 Å². The summed E-state index contributed by atoms with van der Waals surface area (Å²) in [6.07, 6.45) is 1.71. The number of benzene rings is 3. The Morgan fingerprint density at radius 1 is 1.03 bits per heavy atom. The molecule has 1 aliphatic rings. The van der Waals surface area contributed by atoms with Gasteiger partial charge in [-0.05, 0) is 67.1 Å². The molecule has 1 aliphatic heterocycles. The van der Waals surface area contributed by atoms with Gasteiger partial charge < -0.3 is 18.8 Å². The Morgan fingerprint density at radius 2 is 1.79 bits per heavy atom. The highest BCUT2D eigenvalue weighted by Crippen LogP contribution is 2.39. The third-order valence-electron chi connectivity index (χ3n) is 5.63. The summed E-state index contributed by atoms with van der Waals surface area (Å²) in [6.45, 7) is 1.75. The summed E-state index contributed by atoms with van der Waals surface area (Å²) in [5, 5.41) is 0.786. The van der Waals surface area contributed by atoms with Gasteiger partial charge in [0, 0.05) is 35.2 Å². The van der Waals surface area contributed by atoms with Gasteiger partial charge in [0.1, 0.15) is 17.1 Å². The number of hydrogen-bond donors (Lipinski definition) is 0. The van der Waals surface area contributed by atoms with Crippen molar-refractivity contribution < 1.29 is 23.5 Å². The topological polar surface area (TPSA) is 69.0 Å². The van der Waals surface area contributed by atoms with Crippen LogP contribution in [0.15, 0.2) is 75.3 Å². The van der Waals surface area contributed by atoms with Crippen molar-refractivity contribution in [3.8, 4) is 11.5 Å². The van der Waals surface area contributed by atoms with Gasteiger partial charge in [0.25, 0.3) is 0 Å². The summed E-state index contributed by atoms with van der Waals surface area (Å²) < 4.78 is 18.0. The smallest absolute Gasteiger partial charge is 0.379 e. The molecule has 0 bridgehead atoms. The van der Waals surface area contributed by atoms with Gasteiger partial charge in [0.2, 0.25) is 11.5 Å². The molecule has 0 radical (unpaired) electrons. The van der Waals surface area contributed by atoms with E-state index in [9.17, 15) is 9.59 Å². The van der Waals surface area contributed by atoms with Gasteiger partial charge in [-0.1, -0.05) is 28.1 Å². The molecule has 170 valence electrons. The van der Waals surface area contributed by atoms with Crippen LogP contribution in [0.1, 0.15) is 32.0 Å². The Morgan fingerprint density at radius 3 is 2.53 bits per heavy atom. The van der Waals surface area contributed by atoms with Gasteiger partial charge in [-0.15, -0.1) is 0 Å². The predicted octanol–water partition coefficient (Wildman–Crippen LogP) is 6.41. The number of ether oxygens (including phenoxy) is 2. The second-order valence-electron chi connectivity index (χ2n) is 8.17. The highest BCUT2D eigenvalue weighted by molar-refractivity contribution is 9.10. The van der Waals surface area contributed by atoms with E-state index in [2.05, 4.69) is 15.9 Å². The molecule has 34 heavy (non-hydrogen) atoms. The van der Waals surface area contributed by atoms with Crippen molar-refractivity contribution in [2.75, 3.05) is 19.0 Å². The summed E-state index contributed by atoms with van der Waals surface area (Å²) in [5.74, 6) is 0.163. The number of halogens is 1. The van der Waals surface area contributed by atoms with Gasteiger partial charge >= 0.3 is 5.97 Å². The average molecular weight is 518 g/mol. The van der Waals surface area contributed by atoms with Crippen molar-refractivity contribution in [2.45, 2.75) is 6.92 Å². The lowest BCUT2D eigenvalue weighted by Gasteiger charge is -2.12. The first-order valence-corrected chi connectivity index (χ1v) is 11.4. The fraction of sp³-hybridized carbons (Fsp3) is 0.111. The third-order valence-corrected chi connectivity index (χ3v) is 6.12. The van der Waals surface area contributed by atoms with Crippen LogP contribution < -0.4 is 14.4 Å². The van der Waals surface area contributed by atoms with Crippen LogP contribution in [0.25, 0.3) is 17.0 Å². The number of carbonyl (C=O) groups excluding carboxylic acids is 2. The molecule has 0 aliphatic carbocycles. The fourth-order valence-corrected chi connectivity index (χ4v) is 4.14. The first-order valence-electron chi connectivity index (χ1n) is 10.6. The van der Waals surface area contributed by atoms with Crippen LogP contribution in [0.2, 0.25) is 0 Å². The van der Waals surface area contributed by atoms with Gasteiger partial charge in [0.05, 0.1) is 5.56 Å². The SMILES string of the molecule is Cc1c(OC(=O)c2cc3cc(Br)ccc3o2)ccc2c1O/C(=C\c1ccc(N(C)C)cc1)C2=O. The van der Waals surface area contributed by atoms with Crippen molar-refractivity contribution >= 4 is 50.4 Å². The molecular weight excluding hydrogens is 498 g/mol. The number of hydrogen-bond acceptors (Lipinski definition) is 6. The minimum atomic E-state index is -0.628. The van der Waals surface area contributed by atoms with Crippen molar-refractivity contribution in [1.29, 1.82) is 0 Å². The van der Waals surface area contributed by atoms with Crippen LogP contribution in [0.4, 0.5) is 5.69 Å². The first kappa shape index (κ1) is 22.0. The quantitative estimate of drug-likeness (QED) is 0.177. The molecule has 0 saturated carbocycles. The molecule has 2 heterocycles. The fourth-order valence-electron chi connectivity index (χ4n) is 3.76. The maximum absolute atomic E-state index is 12.9. The molecule has 0 fully saturated rings. The standard InChI is InChI=1S/C27H20BrNO5/c1-15-21(34-27(31)24-14-17-13-18(28)6-10-22(17)32-24)11-9-20-25(30)23(33-26(15)20)12-16-4-7-19(8-5-16)29(2)3/h4-14H,1-3H3/b23-12-. The summed E-state index contributed by atoms with van der Waals surface area (Å²) in [4.78, 5) is 27.6. The number of anilines is 1. The number of Topliss-reactive ketones (excluding diaryl/α,β-unsaturated/α-hetero) is 1. The second kappa shape index (κ2) is 8.50. The number of ketones is 1. The van der Waals surface area contributed by atoms with E-state index < -0.39 is 5.97 Å². The predicted molar refractivity (Wildman–Crippen MR) is 134 cm³/mol. The molecule has 1 aromatic heterocycles. The molecule has 0 spiro atoms. The van der Waals surface area contributed by atoms with Crippen LogP contribution in [-0.2, 0) is 0 Å². The second-order valence-corrected chi connectivity index (χ2v) is 9.09. The van der Waals surface area contributed by atoms with E-state index in [1.807, 2.05) is 55.4 Å². The highest BCUT2D eigenvalue weighted by Gasteiger charge is 2.31. The van der Waals surface area contributed by atoms with Crippen molar-refractivity contribution in [3.05, 3.63) is 93.3 Å². The molecule has 0 atom stereocenters. The number of furan rings is 1. The van der Waals surface area contributed by atoms with Crippen molar-refractivity contribution in [3.63, 3.8) is 0 Å². The van der Waals surface area contributed by atoms with Crippen LogP contribution in [0.3, 0.4) is 0 Å². The summed E-state index contributed by atoms with van der Waals surface area (Å²) in [7, 11) is 3.93. The number of esters is 1. The Balaban J connectivity index is 1.39. The molecule has 4 aromatic rings. The molecule has 6 nitrogen and oxygen atoms in total. The minimum Gasteiger partial charge on any atom is -0.452 e. The van der Waals surface area contributed by atoms with E-state index in [1.54, 1.807) is 37.3 Å². The molecule has 0 unspecified atom stereocenters. The van der Waals surface area contributed by atoms with Gasteiger partial charge in [-0.2, -0.15) is 0 Å².